The summed E-state index contributed by atoms with van der Waals surface area (Å²) in [5.74, 6) is 0.918. The molecule has 1 rings (SSSR count). The van der Waals surface area contributed by atoms with Crippen LogP contribution in [0.2, 0.25) is 0 Å². The van der Waals surface area contributed by atoms with Gasteiger partial charge in [-0.2, -0.15) is 0 Å². The van der Waals surface area contributed by atoms with Crippen molar-refractivity contribution in [3.05, 3.63) is 0 Å². The van der Waals surface area contributed by atoms with E-state index in [1.165, 1.54) is 0 Å². The summed E-state index contributed by atoms with van der Waals surface area (Å²) in [5.41, 5.74) is 0. The molecule has 3 atom stereocenters. The Morgan fingerprint density at radius 3 is 2.60 bits per heavy atom. The van der Waals surface area contributed by atoms with Crippen LogP contribution >= 0.6 is 0 Å². The lowest BCUT2D eigenvalue weighted by atomic mass is 10.2. The fraction of sp³-hybridized carbons (Fsp3) is 1.00. The average Bonchev–Trinajstić information content (AvgIpc) is 2.39. The maximum atomic E-state index is 11.1. The smallest absolute Gasteiger partial charge is 0.154 e. The van der Waals surface area contributed by atoms with Gasteiger partial charge in [-0.05, 0) is 0 Å². The molecular formula is C8H17NO4S2. The largest absolute Gasteiger partial charge is 0.390 e. The van der Waals surface area contributed by atoms with Gasteiger partial charge in [-0.25, -0.2) is 8.42 Å². The molecule has 0 bridgehead atoms. The lowest BCUT2D eigenvalue weighted by Crippen LogP contribution is -2.40. The van der Waals surface area contributed by atoms with E-state index in [1.54, 1.807) is 0 Å². The van der Waals surface area contributed by atoms with Gasteiger partial charge in [-0.1, -0.05) is 6.92 Å². The fourth-order valence-corrected chi connectivity index (χ4v) is 3.94. The van der Waals surface area contributed by atoms with Gasteiger partial charge in [0, 0.05) is 34.9 Å². The van der Waals surface area contributed by atoms with Gasteiger partial charge in [0.15, 0.2) is 9.84 Å². The molecule has 0 radical (unpaired) electrons. The minimum absolute atomic E-state index is 0.0209. The lowest BCUT2D eigenvalue weighted by molar-refractivity contribution is 0.167. The first-order chi connectivity index (χ1) is 6.94. The van der Waals surface area contributed by atoms with Crippen LogP contribution in [0.25, 0.3) is 0 Å². The summed E-state index contributed by atoms with van der Waals surface area (Å²) < 4.78 is 33.4. The van der Waals surface area contributed by atoms with Crippen molar-refractivity contribution in [2.45, 2.75) is 19.1 Å². The van der Waals surface area contributed by atoms with Gasteiger partial charge >= 0.3 is 0 Å². The minimum Gasteiger partial charge on any atom is -0.390 e. The molecule has 1 saturated heterocycles. The normalized spacial score (nSPS) is 31.6. The summed E-state index contributed by atoms with van der Waals surface area (Å²) >= 11 is 0. The van der Waals surface area contributed by atoms with Crippen LogP contribution in [0.3, 0.4) is 0 Å². The van der Waals surface area contributed by atoms with Gasteiger partial charge in [0.1, 0.15) is 0 Å². The van der Waals surface area contributed by atoms with Crippen molar-refractivity contribution in [3.8, 4) is 0 Å². The fourth-order valence-electron chi connectivity index (χ4n) is 1.53. The second-order valence-corrected chi connectivity index (χ2v) is 7.66. The van der Waals surface area contributed by atoms with Gasteiger partial charge < -0.3 is 10.4 Å². The van der Waals surface area contributed by atoms with Gasteiger partial charge in [0.05, 0.1) is 17.6 Å². The maximum Gasteiger partial charge on any atom is 0.154 e. The number of aliphatic hydroxyl groups excluding tert-OH is 1. The number of rotatable bonds is 5. The van der Waals surface area contributed by atoms with Crippen LogP contribution in [0.15, 0.2) is 0 Å². The van der Waals surface area contributed by atoms with E-state index in [0.29, 0.717) is 18.1 Å². The first-order valence-electron chi connectivity index (χ1n) is 4.91. The van der Waals surface area contributed by atoms with Crippen LogP contribution < -0.4 is 5.32 Å². The summed E-state index contributed by atoms with van der Waals surface area (Å²) in [6.07, 6.45) is -0.829. The Balaban J connectivity index is 2.31. The molecular weight excluding hydrogens is 238 g/mol. The molecule has 3 unspecified atom stereocenters. The second kappa shape index (κ2) is 5.38. The van der Waals surface area contributed by atoms with E-state index >= 15 is 0 Å². The molecule has 0 amide bonds. The van der Waals surface area contributed by atoms with Crippen LogP contribution in [0, 0.1) is 0 Å². The van der Waals surface area contributed by atoms with Crippen LogP contribution in [0.5, 0.6) is 0 Å². The molecule has 1 aliphatic heterocycles. The highest BCUT2D eigenvalue weighted by Gasteiger charge is 2.35. The third kappa shape index (κ3) is 4.18. The molecule has 90 valence electrons. The van der Waals surface area contributed by atoms with Crippen LogP contribution in [0.1, 0.15) is 6.92 Å². The Morgan fingerprint density at radius 2 is 2.13 bits per heavy atom. The third-order valence-electron chi connectivity index (χ3n) is 2.38. The van der Waals surface area contributed by atoms with Crippen LogP contribution in [-0.2, 0) is 20.6 Å². The van der Waals surface area contributed by atoms with Gasteiger partial charge in [-0.15, -0.1) is 0 Å². The Bertz CT molecular complexity index is 328. The first kappa shape index (κ1) is 13.1. The lowest BCUT2D eigenvalue weighted by Gasteiger charge is -2.14. The Hall–Kier alpha value is 0.0200. The molecule has 0 saturated carbocycles. The standard InChI is InChI=1S/C8H17NO4S2/c1-2-14(11)4-3-9-7-5-15(12,13)6-8(7)10/h7-10H,2-6H2,1H3. The zero-order valence-corrected chi connectivity index (χ0v) is 10.3. The highest BCUT2D eigenvalue weighted by atomic mass is 32.2. The SMILES string of the molecule is CCS(=O)CCNC1CS(=O)(=O)CC1O. The zero-order valence-electron chi connectivity index (χ0n) is 8.68. The van der Waals surface area contributed by atoms with Crippen molar-refractivity contribution in [3.63, 3.8) is 0 Å². The molecule has 0 aliphatic carbocycles. The van der Waals surface area contributed by atoms with E-state index in [2.05, 4.69) is 5.32 Å². The van der Waals surface area contributed by atoms with Crippen molar-refractivity contribution in [1.82, 2.24) is 5.32 Å². The van der Waals surface area contributed by atoms with Crippen molar-refractivity contribution in [2.75, 3.05) is 29.6 Å². The van der Waals surface area contributed by atoms with E-state index in [0.717, 1.165) is 0 Å². The Kier molecular flexibility index (Phi) is 4.69. The van der Waals surface area contributed by atoms with E-state index in [1.807, 2.05) is 6.92 Å². The van der Waals surface area contributed by atoms with Gasteiger partial charge in [-0.3, -0.25) is 4.21 Å². The summed E-state index contributed by atoms with van der Waals surface area (Å²) in [6, 6.07) is -0.399. The molecule has 0 aromatic rings. The molecule has 1 aliphatic rings. The molecule has 7 heteroatoms. The van der Waals surface area contributed by atoms with Crippen LogP contribution in [0.4, 0.5) is 0 Å². The molecule has 2 N–H and O–H groups in total. The van der Waals surface area contributed by atoms with Crippen molar-refractivity contribution in [1.29, 1.82) is 0 Å². The van der Waals surface area contributed by atoms with Gasteiger partial charge in [0.2, 0.25) is 0 Å². The molecule has 0 aromatic heterocycles. The highest BCUT2D eigenvalue weighted by molar-refractivity contribution is 7.91. The molecule has 1 heterocycles. The Morgan fingerprint density at radius 1 is 1.47 bits per heavy atom. The maximum absolute atomic E-state index is 11.1. The molecule has 1 fully saturated rings. The molecule has 0 spiro atoms. The van der Waals surface area contributed by atoms with E-state index in [4.69, 9.17) is 0 Å². The first-order valence-corrected chi connectivity index (χ1v) is 8.22. The van der Waals surface area contributed by atoms with E-state index in [9.17, 15) is 17.7 Å². The van der Waals surface area contributed by atoms with E-state index < -0.39 is 32.8 Å². The van der Waals surface area contributed by atoms with Crippen LogP contribution in [-0.4, -0.2) is 59.4 Å². The number of aliphatic hydroxyl groups is 1. The number of hydrogen-bond acceptors (Lipinski definition) is 5. The predicted molar refractivity (Wildman–Crippen MR) is 60.0 cm³/mol. The summed E-state index contributed by atoms with van der Waals surface area (Å²) in [4.78, 5) is 0. The summed E-state index contributed by atoms with van der Waals surface area (Å²) in [5, 5.41) is 12.4. The molecule has 15 heavy (non-hydrogen) atoms. The number of hydrogen-bond donors (Lipinski definition) is 2. The monoisotopic (exact) mass is 255 g/mol. The zero-order chi connectivity index (χ0) is 11.5. The second-order valence-electron chi connectivity index (χ2n) is 3.64. The number of sulfone groups is 1. The van der Waals surface area contributed by atoms with E-state index in [-0.39, 0.29) is 11.5 Å². The van der Waals surface area contributed by atoms with Crippen molar-refractivity contribution in [2.24, 2.45) is 0 Å². The molecule has 0 aromatic carbocycles. The van der Waals surface area contributed by atoms with Crippen molar-refractivity contribution >= 4 is 20.6 Å². The predicted octanol–water partition coefficient (Wildman–Crippen LogP) is -1.50. The Labute approximate surface area is 92.6 Å². The average molecular weight is 255 g/mol. The third-order valence-corrected chi connectivity index (χ3v) is 5.40. The number of nitrogens with one attached hydrogen (secondary N) is 1. The summed E-state index contributed by atoms with van der Waals surface area (Å²) in [6.45, 7) is 2.32. The highest BCUT2D eigenvalue weighted by Crippen LogP contribution is 2.11. The molecule has 5 nitrogen and oxygen atoms in total. The topological polar surface area (TPSA) is 83.5 Å². The quantitative estimate of drug-likeness (QED) is 0.625. The minimum atomic E-state index is -3.09. The van der Waals surface area contributed by atoms with Crippen molar-refractivity contribution < 1.29 is 17.7 Å². The van der Waals surface area contributed by atoms with Gasteiger partial charge in [0.25, 0.3) is 0 Å². The summed E-state index contributed by atoms with van der Waals surface area (Å²) in [7, 11) is -3.94.